The summed E-state index contributed by atoms with van der Waals surface area (Å²) in [5, 5.41) is 5.72. The van der Waals surface area contributed by atoms with Crippen LogP contribution in [-0.2, 0) is 9.59 Å². The van der Waals surface area contributed by atoms with Crippen molar-refractivity contribution in [2.24, 2.45) is 0 Å². The number of nitrogens with zero attached hydrogens (tertiary/aromatic N) is 3. The predicted molar refractivity (Wildman–Crippen MR) is 81.0 cm³/mol. The van der Waals surface area contributed by atoms with Crippen molar-refractivity contribution in [3.63, 3.8) is 0 Å². The Hall–Kier alpha value is -3.35. The van der Waals surface area contributed by atoms with Crippen molar-refractivity contribution in [3.05, 3.63) is 55.0 Å². The fourth-order valence-corrected chi connectivity index (χ4v) is 1.91. The number of aromatic nitrogens is 3. The van der Waals surface area contributed by atoms with E-state index in [1.165, 1.54) is 12.4 Å². The molecule has 0 saturated carbocycles. The van der Waals surface area contributed by atoms with E-state index in [4.69, 9.17) is 0 Å². The van der Waals surface area contributed by atoms with Gasteiger partial charge in [0.1, 0.15) is 0 Å². The zero-order valence-corrected chi connectivity index (χ0v) is 11.4. The number of benzene rings is 1. The fraction of sp³-hybridized carbons (Fsp3) is 0. The molecule has 0 spiro atoms. The Kier molecular flexibility index (Phi) is 3.69. The quantitative estimate of drug-likeness (QED) is 0.699. The van der Waals surface area contributed by atoms with Crippen LogP contribution >= 0.6 is 0 Å². The van der Waals surface area contributed by atoms with E-state index in [0.717, 1.165) is 5.39 Å². The number of carbonyl (C=O) groups excluding carboxylic acids is 2. The second kappa shape index (κ2) is 5.96. The van der Waals surface area contributed by atoms with Crippen LogP contribution in [0, 0.1) is 0 Å². The molecule has 22 heavy (non-hydrogen) atoms. The molecular formula is C15H11N5O2. The molecule has 7 nitrogen and oxygen atoms in total. The highest BCUT2D eigenvalue weighted by Gasteiger charge is 2.16. The first-order valence-electron chi connectivity index (χ1n) is 6.47. The number of pyridine rings is 1. The van der Waals surface area contributed by atoms with Gasteiger partial charge in [0.15, 0.2) is 0 Å². The number of fused-ring (bicyclic) bond motifs is 1. The Bertz CT molecular complexity index is 830. The van der Waals surface area contributed by atoms with Crippen molar-refractivity contribution in [2.45, 2.75) is 0 Å². The molecule has 0 saturated heterocycles. The van der Waals surface area contributed by atoms with E-state index in [1.54, 1.807) is 30.5 Å². The van der Waals surface area contributed by atoms with E-state index in [9.17, 15) is 9.59 Å². The maximum absolute atomic E-state index is 12.0. The molecule has 0 aliphatic heterocycles. The topological polar surface area (TPSA) is 96.9 Å². The average Bonchev–Trinajstić information content (AvgIpc) is 2.56. The number of hydrogen-bond acceptors (Lipinski definition) is 5. The van der Waals surface area contributed by atoms with E-state index in [0.29, 0.717) is 11.2 Å². The Morgan fingerprint density at radius 2 is 1.45 bits per heavy atom. The van der Waals surface area contributed by atoms with Gasteiger partial charge in [-0.1, -0.05) is 18.2 Å². The normalized spacial score (nSPS) is 10.2. The van der Waals surface area contributed by atoms with Gasteiger partial charge in [0.25, 0.3) is 0 Å². The first-order valence-corrected chi connectivity index (χ1v) is 6.47. The Morgan fingerprint density at radius 3 is 2.27 bits per heavy atom. The molecular weight excluding hydrogens is 282 g/mol. The summed E-state index contributed by atoms with van der Waals surface area (Å²) in [5.74, 6) is -1.59. The monoisotopic (exact) mass is 293 g/mol. The van der Waals surface area contributed by atoms with Gasteiger partial charge in [-0.15, -0.1) is 0 Å². The molecule has 7 heteroatoms. The zero-order chi connectivity index (χ0) is 15.4. The van der Waals surface area contributed by atoms with Crippen molar-refractivity contribution in [1.82, 2.24) is 15.0 Å². The van der Waals surface area contributed by atoms with E-state index in [2.05, 4.69) is 25.6 Å². The minimum absolute atomic E-state index is 0.0682. The number of rotatable bonds is 2. The molecule has 0 bridgehead atoms. The van der Waals surface area contributed by atoms with E-state index < -0.39 is 11.8 Å². The van der Waals surface area contributed by atoms with Crippen molar-refractivity contribution < 1.29 is 9.59 Å². The number of para-hydroxylation sites is 1. The largest absolute Gasteiger partial charge is 0.316 e. The highest BCUT2D eigenvalue weighted by molar-refractivity contribution is 6.43. The minimum Gasteiger partial charge on any atom is -0.316 e. The second-order valence-electron chi connectivity index (χ2n) is 4.36. The van der Waals surface area contributed by atoms with Gasteiger partial charge in [-0.25, -0.2) is 9.97 Å². The maximum Gasteiger partial charge on any atom is 0.316 e. The number of hydrogen-bond donors (Lipinski definition) is 2. The fourth-order valence-electron chi connectivity index (χ4n) is 1.91. The molecule has 0 fully saturated rings. The molecule has 0 unspecified atom stereocenters. The van der Waals surface area contributed by atoms with Crippen LogP contribution in [0.3, 0.4) is 0 Å². The summed E-state index contributed by atoms with van der Waals surface area (Å²) in [6.45, 7) is 0. The summed E-state index contributed by atoms with van der Waals surface area (Å²) in [6, 6.07) is 10.6. The third-order valence-corrected chi connectivity index (χ3v) is 2.88. The van der Waals surface area contributed by atoms with Crippen LogP contribution < -0.4 is 10.6 Å². The molecule has 0 radical (unpaired) electrons. The summed E-state index contributed by atoms with van der Waals surface area (Å²) in [7, 11) is 0. The predicted octanol–water partition coefficient (Wildman–Crippen LogP) is 1.60. The molecule has 108 valence electrons. The maximum atomic E-state index is 12.0. The third-order valence-electron chi connectivity index (χ3n) is 2.88. The molecule has 2 aromatic heterocycles. The van der Waals surface area contributed by atoms with Gasteiger partial charge in [-0.3, -0.25) is 19.9 Å². The first-order chi connectivity index (χ1) is 10.7. The highest BCUT2D eigenvalue weighted by atomic mass is 16.2. The van der Waals surface area contributed by atoms with Crippen LogP contribution in [0.2, 0.25) is 0 Å². The van der Waals surface area contributed by atoms with Crippen molar-refractivity contribution in [3.8, 4) is 0 Å². The molecule has 2 amide bonds. The highest BCUT2D eigenvalue weighted by Crippen LogP contribution is 2.20. The summed E-state index contributed by atoms with van der Waals surface area (Å²) in [6.07, 6.45) is 4.56. The van der Waals surface area contributed by atoms with Gasteiger partial charge in [0, 0.05) is 24.0 Å². The third kappa shape index (κ3) is 2.88. The van der Waals surface area contributed by atoms with Crippen molar-refractivity contribution in [1.29, 1.82) is 0 Å². The second-order valence-corrected chi connectivity index (χ2v) is 4.36. The van der Waals surface area contributed by atoms with Crippen LogP contribution in [0.1, 0.15) is 0 Å². The summed E-state index contributed by atoms with van der Waals surface area (Å²) < 4.78 is 0. The lowest BCUT2D eigenvalue weighted by Crippen LogP contribution is -2.29. The SMILES string of the molecule is O=C(Nc1ncccn1)C(=O)Nc1cccc2cccnc12. The molecule has 0 aliphatic carbocycles. The van der Waals surface area contributed by atoms with E-state index >= 15 is 0 Å². The van der Waals surface area contributed by atoms with Crippen LogP contribution in [0.15, 0.2) is 55.0 Å². The average molecular weight is 293 g/mol. The summed E-state index contributed by atoms with van der Waals surface area (Å²) in [4.78, 5) is 35.6. The van der Waals surface area contributed by atoms with Crippen molar-refractivity contribution >= 4 is 34.4 Å². The lowest BCUT2D eigenvalue weighted by atomic mass is 10.2. The minimum atomic E-state index is -0.848. The standard InChI is InChI=1S/C15H11N5O2/c21-13(14(22)20-15-17-8-3-9-18-15)19-11-6-1-4-10-5-2-7-16-12(10)11/h1-9H,(H,19,21)(H,17,18,20,22). The first kappa shape index (κ1) is 13.6. The summed E-state index contributed by atoms with van der Waals surface area (Å²) >= 11 is 0. The van der Waals surface area contributed by atoms with Gasteiger partial charge < -0.3 is 5.32 Å². The van der Waals surface area contributed by atoms with Crippen molar-refractivity contribution in [2.75, 3.05) is 10.6 Å². The Morgan fingerprint density at radius 1 is 0.773 bits per heavy atom. The lowest BCUT2D eigenvalue weighted by molar-refractivity contribution is -0.133. The molecule has 3 rings (SSSR count). The number of carbonyl (C=O) groups is 2. The van der Waals surface area contributed by atoms with Gasteiger partial charge in [0.2, 0.25) is 5.95 Å². The lowest BCUT2D eigenvalue weighted by Gasteiger charge is -2.07. The van der Waals surface area contributed by atoms with E-state index in [-0.39, 0.29) is 5.95 Å². The molecule has 1 aromatic carbocycles. The smallest absolute Gasteiger partial charge is 0.316 e. The van der Waals surface area contributed by atoms with E-state index in [1.807, 2.05) is 12.1 Å². The van der Waals surface area contributed by atoms with Gasteiger partial charge >= 0.3 is 11.8 Å². The Balaban J connectivity index is 1.77. The van der Waals surface area contributed by atoms with Gasteiger partial charge in [-0.2, -0.15) is 0 Å². The molecule has 3 aromatic rings. The molecule has 0 aliphatic rings. The van der Waals surface area contributed by atoms with Crippen LogP contribution in [-0.4, -0.2) is 26.8 Å². The number of anilines is 2. The van der Waals surface area contributed by atoms with Gasteiger partial charge in [-0.05, 0) is 18.2 Å². The van der Waals surface area contributed by atoms with Crippen LogP contribution in [0.25, 0.3) is 10.9 Å². The Labute approximate surface area is 125 Å². The summed E-state index contributed by atoms with van der Waals surface area (Å²) in [5.41, 5.74) is 1.08. The van der Waals surface area contributed by atoms with Crippen LogP contribution in [0.5, 0.6) is 0 Å². The number of amides is 2. The van der Waals surface area contributed by atoms with Gasteiger partial charge in [0.05, 0.1) is 11.2 Å². The number of nitrogens with one attached hydrogen (secondary N) is 2. The molecule has 0 atom stereocenters. The zero-order valence-electron chi connectivity index (χ0n) is 11.4. The molecule has 2 heterocycles. The van der Waals surface area contributed by atoms with Crippen LogP contribution in [0.4, 0.5) is 11.6 Å². The molecule has 2 N–H and O–H groups in total.